The van der Waals surface area contributed by atoms with Crippen LogP contribution in [0.4, 0.5) is 0 Å². The van der Waals surface area contributed by atoms with E-state index in [1.165, 1.54) is 36.7 Å². The molecule has 0 amide bonds. The van der Waals surface area contributed by atoms with Gasteiger partial charge in [-0.2, -0.15) is 0 Å². The number of hydrogen-bond acceptors (Lipinski definition) is 10. The van der Waals surface area contributed by atoms with Crippen LogP contribution in [0.5, 0.6) is 0 Å². The summed E-state index contributed by atoms with van der Waals surface area (Å²) in [4.78, 5) is 30.5. The van der Waals surface area contributed by atoms with Gasteiger partial charge in [-0.05, 0) is 27.7 Å². The van der Waals surface area contributed by atoms with Gasteiger partial charge in [-0.1, -0.05) is 0 Å². The molecule has 3 fully saturated rings. The first-order chi connectivity index (χ1) is 17.5. The molecule has 3 aliphatic heterocycles. The summed E-state index contributed by atoms with van der Waals surface area (Å²) in [5, 5.41) is 31.2. The molecule has 0 atom stereocenters. The van der Waals surface area contributed by atoms with Gasteiger partial charge in [0.15, 0.2) is 0 Å². The van der Waals surface area contributed by atoms with Crippen molar-refractivity contribution in [1.82, 2.24) is 14.7 Å². The van der Waals surface area contributed by atoms with E-state index in [0.29, 0.717) is 17.1 Å². The molecule has 0 aromatic carbocycles. The minimum Gasteiger partial charge on any atom is -0.512 e. The maximum absolute atomic E-state index is 12.4. The van der Waals surface area contributed by atoms with Crippen molar-refractivity contribution in [2.45, 2.75) is 27.7 Å². The van der Waals surface area contributed by atoms with Crippen LogP contribution in [0.2, 0.25) is 0 Å². The van der Waals surface area contributed by atoms with Crippen LogP contribution in [0.3, 0.4) is 0 Å². The predicted molar refractivity (Wildman–Crippen MR) is 127 cm³/mol. The fourth-order valence-corrected chi connectivity index (χ4v) is 3.62. The SMILES string of the molecule is CC[N+](CC)(CC)CC.O=C1C=C(N2CC2)C(=O)C(N2CC2)=C1N1CC1.[C-]#N.[C-]#N.[C-]#N.[C-]#N.[C-]#N.[Co+3]. The van der Waals surface area contributed by atoms with Crippen LogP contribution in [0.1, 0.15) is 27.7 Å². The van der Waals surface area contributed by atoms with Gasteiger partial charge in [0.2, 0.25) is 11.6 Å². The maximum atomic E-state index is 12.4. The van der Waals surface area contributed by atoms with Gasteiger partial charge < -0.3 is 78.4 Å². The number of carbonyl (C=O) groups excluding carboxylic acids is 2. The number of carbonyl (C=O) groups is 2. The van der Waals surface area contributed by atoms with Gasteiger partial charge in [0.05, 0.1) is 31.9 Å². The minimum absolute atomic E-state index is 0. The third-order valence-electron chi connectivity index (χ3n) is 6.17. The Labute approximate surface area is 232 Å². The van der Waals surface area contributed by atoms with E-state index in [0.717, 1.165) is 39.3 Å². The number of nitrogens with zero attached hydrogens (tertiary/aromatic N) is 9. The summed E-state index contributed by atoms with van der Waals surface area (Å²) in [5.41, 5.74) is 1.89. The molecule has 3 heterocycles. The summed E-state index contributed by atoms with van der Waals surface area (Å²) in [5.74, 6) is 0.0485. The largest absolute Gasteiger partial charge is 3.00 e. The maximum Gasteiger partial charge on any atom is 3.00 e. The van der Waals surface area contributed by atoms with E-state index in [-0.39, 0.29) is 28.3 Å². The Kier molecular flexibility index (Phi) is 24.6. The second-order valence-corrected chi connectivity index (χ2v) is 7.49. The molecule has 0 unspecified atom stereocenters. The van der Waals surface area contributed by atoms with Gasteiger partial charge in [-0.3, -0.25) is 9.59 Å². The van der Waals surface area contributed by atoms with Gasteiger partial charge in [-0.25, -0.2) is 0 Å². The van der Waals surface area contributed by atoms with E-state index in [4.69, 9.17) is 59.2 Å². The van der Waals surface area contributed by atoms with Gasteiger partial charge in [0.25, 0.3) is 0 Å². The molecule has 37 heavy (non-hydrogen) atoms. The molecule has 0 saturated carbocycles. The zero-order valence-electron chi connectivity index (χ0n) is 21.8. The average Bonchev–Trinajstić information content (AvgIpc) is 3.80. The van der Waals surface area contributed by atoms with Crippen molar-refractivity contribution in [3.05, 3.63) is 56.0 Å². The summed E-state index contributed by atoms with van der Waals surface area (Å²) < 4.78 is 1.28. The van der Waals surface area contributed by atoms with Gasteiger partial charge in [0.1, 0.15) is 11.4 Å². The molecule has 200 valence electrons. The molecule has 0 spiro atoms. The first kappa shape index (κ1) is 40.3. The van der Waals surface area contributed by atoms with E-state index in [1.54, 1.807) is 0 Å². The summed E-state index contributed by atoms with van der Waals surface area (Å²) in [7, 11) is 0. The van der Waals surface area contributed by atoms with Gasteiger partial charge >= 0.3 is 16.8 Å². The fraction of sp³-hybridized carbons (Fsp3) is 0.560. The van der Waals surface area contributed by atoms with E-state index in [1.807, 2.05) is 14.7 Å². The second-order valence-electron chi connectivity index (χ2n) is 7.49. The van der Waals surface area contributed by atoms with Crippen molar-refractivity contribution in [1.29, 1.82) is 26.3 Å². The third-order valence-corrected chi connectivity index (χ3v) is 6.17. The number of hydrogen-bond donors (Lipinski definition) is 0. The first-order valence-electron chi connectivity index (χ1n) is 11.3. The van der Waals surface area contributed by atoms with Crippen LogP contribution < -0.4 is 0 Å². The molecular weight excluding hydrogens is 517 g/mol. The van der Waals surface area contributed by atoms with Crippen LogP contribution in [0, 0.1) is 59.2 Å². The fourth-order valence-electron chi connectivity index (χ4n) is 3.62. The van der Waals surface area contributed by atoms with Crippen molar-refractivity contribution >= 4 is 11.6 Å². The van der Waals surface area contributed by atoms with Crippen molar-refractivity contribution in [3.63, 3.8) is 0 Å². The average molecular weight is 551 g/mol. The molecule has 12 heteroatoms. The Morgan fingerprint density at radius 2 is 0.919 bits per heavy atom. The number of allylic oxidation sites excluding steroid dienone is 1. The smallest absolute Gasteiger partial charge is 0.512 e. The van der Waals surface area contributed by atoms with E-state index in [2.05, 4.69) is 27.7 Å². The van der Waals surface area contributed by atoms with E-state index in [9.17, 15) is 9.59 Å². The van der Waals surface area contributed by atoms with Crippen LogP contribution in [-0.4, -0.2) is 96.2 Å². The molecule has 1 aliphatic carbocycles. The van der Waals surface area contributed by atoms with Gasteiger partial charge in [0, 0.05) is 45.3 Å². The van der Waals surface area contributed by atoms with Crippen LogP contribution >= 0.6 is 0 Å². The summed E-state index contributed by atoms with van der Waals surface area (Å²) in [6, 6.07) is 0. The van der Waals surface area contributed by atoms with Crippen LogP contribution in [0.25, 0.3) is 0 Å². The second kappa shape index (κ2) is 22.6. The number of ketones is 2. The van der Waals surface area contributed by atoms with E-state index >= 15 is 0 Å². The Balaban J connectivity index is -0.000000236. The molecule has 0 radical (unpaired) electrons. The molecule has 11 nitrogen and oxygen atoms in total. The quantitative estimate of drug-likeness (QED) is 0.197. The summed E-state index contributed by atoms with van der Waals surface area (Å²) in [6.45, 7) is 43.4. The first-order valence-corrected chi connectivity index (χ1v) is 11.3. The Bertz CT molecular complexity index is 803. The zero-order chi connectivity index (χ0) is 28.9. The molecule has 4 aliphatic rings. The van der Waals surface area contributed by atoms with Crippen molar-refractivity contribution in [3.8, 4) is 0 Å². The molecule has 4 rings (SSSR count). The Morgan fingerprint density at radius 1 is 0.622 bits per heavy atom. The third kappa shape index (κ3) is 12.1. The Morgan fingerprint density at radius 3 is 1.16 bits per heavy atom. The van der Waals surface area contributed by atoms with Crippen LogP contribution in [-0.2, 0) is 26.4 Å². The van der Waals surface area contributed by atoms with Gasteiger partial charge in [-0.15, -0.1) is 0 Å². The molecule has 0 N–H and O–H groups in total. The molecule has 0 bridgehead atoms. The predicted octanol–water partition coefficient (Wildman–Crippen LogP) is 1.54. The summed E-state index contributed by atoms with van der Waals surface area (Å²) in [6.07, 6.45) is 1.52. The molecular formula is C25H33CoN9O2-. The Hall–Kier alpha value is -3.86. The van der Waals surface area contributed by atoms with Crippen LogP contribution in [0.15, 0.2) is 23.2 Å². The molecule has 0 aromatic rings. The number of Topliss-reactive ketones (excluding diaryl/α,β-unsaturated/α-hetero) is 1. The minimum atomic E-state index is 0. The summed E-state index contributed by atoms with van der Waals surface area (Å²) >= 11 is 0. The molecule has 3 saturated heterocycles. The van der Waals surface area contributed by atoms with Crippen molar-refractivity contribution < 1.29 is 30.9 Å². The topological polar surface area (TPSA) is 162 Å². The van der Waals surface area contributed by atoms with Crippen molar-refractivity contribution in [2.24, 2.45) is 0 Å². The molecule has 0 aromatic heterocycles. The number of rotatable bonds is 7. The standard InChI is InChI=1S/C12H13N3O2.C8H20N.5CN.Co/c16-9-7-8(13-1-2-13)12(17)11(15-5-6-15)10(9)14-3-4-14;1-5-9(6-2,7-3)8-4;5*1-2;/h7H,1-6H2;5-8H2,1-4H3;;;;;;/q;+1;5*-1;+3. The zero-order valence-corrected chi connectivity index (χ0v) is 22.9. The number of quaternary nitrogens is 1. The normalized spacial score (nSPS) is 15.4. The van der Waals surface area contributed by atoms with Crippen molar-refractivity contribution in [2.75, 3.05) is 65.4 Å². The van der Waals surface area contributed by atoms with E-state index < -0.39 is 0 Å². The monoisotopic (exact) mass is 550 g/mol.